The second-order valence-corrected chi connectivity index (χ2v) is 7.37. The third-order valence-electron chi connectivity index (χ3n) is 4.67. The predicted octanol–water partition coefficient (Wildman–Crippen LogP) is 6.32. The maximum Gasteiger partial charge on any atom is 0.418 e. The van der Waals surface area contributed by atoms with Gasteiger partial charge in [0.05, 0.1) is 11.3 Å². The monoisotopic (exact) mass is 472 g/mol. The van der Waals surface area contributed by atoms with E-state index >= 15 is 0 Å². The van der Waals surface area contributed by atoms with Gasteiger partial charge >= 0.3 is 12.2 Å². The SMILES string of the molecule is O=C(Nc1ccccc1C(F)(F)F)N[C@@H](c1ccc(Cl)cc1)c1nnc(-c2ccccc2)o1. The van der Waals surface area contributed by atoms with Crippen molar-refractivity contribution in [3.8, 4) is 11.5 Å². The van der Waals surface area contributed by atoms with Crippen LogP contribution >= 0.6 is 11.6 Å². The number of para-hydroxylation sites is 1. The molecule has 2 N–H and O–H groups in total. The Hall–Kier alpha value is -3.85. The van der Waals surface area contributed by atoms with Crippen LogP contribution in [0.15, 0.2) is 83.3 Å². The van der Waals surface area contributed by atoms with Crippen LogP contribution in [-0.4, -0.2) is 16.2 Å². The molecule has 2 amide bonds. The molecule has 1 aromatic heterocycles. The molecule has 33 heavy (non-hydrogen) atoms. The minimum atomic E-state index is -4.63. The molecule has 1 heterocycles. The zero-order valence-electron chi connectivity index (χ0n) is 16.8. The Morgan fingerprint density at radius 3 is 2.27 bits per heavy atom. The summed E-state index contributed by atoms with van der Waals surface area (Å²) < 4.78 is 45.6. The Morgan fingerprint density at radius 1 is 0.909 bits per heavy atom. The van der Waals surface area contributed by atoms with E-state index in [1.54, 1.807) is 48.5 Å². The molecule has 0 saturated carbocycles. The largest absolute Gasteiger partial charge is 0.418 e. The number of aromatic nitrogens is 2. The zero-order valence-corrected chi connectivity index (χ0v) is 17.6. The summed E-state index contributed by atoms with van der Waals surface area (Å²) in [7, 11) is 0. The van der Waals surface area contributed by atoms with Gasteiger partial charge in [-0.25, -0.2) is 4.79 Å². The number of hydrogen-bond acceptors (Lipinski definition) is 4. The van der Waals surface area contributed by atoms with E-state index in [4.69, 9.17) is 16.0 Å². The second kappa shape index (κ2) is 9.33. The molecule has 0 aliphatic carbocycles. The van der Waals surface area contributed by atoms with E-state index in [1.807, 2.05) is 6.07 Å². The lowest BCUT2D eigenvalue weighted by Gasteiger charge is -2.18. The lowest BCUT2D eigenvalue weighted by atomic mass is 10.1. The molecule has 168 valence electrons. The number of urea groups is 1. The van der Waals surface area contributed by atoms with Crippen molar-refractivity contribution < 1.29 is 22.4 Å². The number of hydrogen-bond donors (Lipinski definition) is 2. The van der Waals surface area contributed by atoms with Gasteiger partial charge in [0, 0.05) is 10.6 Å². The van der Waals surface area contributed by atoms with Crippen molar-refractivity contribution in [3.05, 3.63) is 101 Å². The number of nitrogens with zero attached hydrogens (tertiary/aromatic N) is 2. The molecule has 0 aliphatic heterocycles. The van der Waals surface area contributed by atoms with Crippen LogP contribution in [0.2, 0.25) is 5.02 Å². The van der Waals surface area contributed by atoms with Crippen molar-refractivity contribution in [2.24, 2.45) is 0 Å². The summed E-state index contributed by atoms with van der Waals surface area (Å²) in [6, 6.07) is 18.4. The molecule has 3 aromatic carbocycles. The lowest BCUT2D eigenvalue weighted by Crippen LogP contribution is -2.34. The van der Waals surface area contributed by atoms with Crippen molar-refractivity contribution in [3.63, 3.8) is 0 Å². The van der Waals surface area contributed by atoms with Gasteiger partial charge in [0.1, 0.15) is 6.04 Å². The van der Waals surface area contributed by atoms with E-state index in [0.29, 0.717) is 16.1 Å². The van der Waals surface area contributed by atoms with Gasteiger partial charge in [-0.3, -0.25) is 0 Å². The van der Waals surface area contributed by atoms with Crippen molar-refractivity contribution >= 4 is 23.3 Å². The molecule has 0 saturated heterocycles. The Labute approximate surface area is 191 Å². The number of carbonyl (C=O) groups excluding carboxylic acids is 1. The number of halogens is 4. The predicted molar refractivity (Wildman–Crippen MR) is 117 cm³/mol. The molecule has 0 bridgehead atoms. The van der Waals surface area contributed by atoms with Gasteiger partial charge in [-0.05, 0) is 42.0 Å². The highest BCUT2D eigenvalue weighted by atomic mass is 35.5. The van der Waals surface area contributed by atoms with Crippen molar-refractivity contribution in [2.75, 3.05) is 5.32 Å². The molecule has 0 radical (unpaired) electrons. The van der Waals surface area contributed by atoms with Crippen LogP contribution in [0.3, 0.4) is 0 Å². The molecule has 6 nitrogen and oxygen atoms in total. The minimum Gasteiger partial charge on any atom is -0.418 e. The molecule has 0 fully saturated rings. The van der Waals surface area contributed by atoms with E-state index in [1.165, 1.54) is 18.2 Å². The maximum absolute atomic E-state index is 13.3. The average Bonchev–Trinajstić information content (AvgIpc) is 3.28. The Bertz CT molecular complexity index is 1240. The Morgan fingerprint density at radius 2 is 1.58 bits per heavy atom. The Kier molecular flexibility index (Phi) is 6.32. The number of anilines is 1. The van der Waals surface area contributed by atoms with Gasteiger partial charge in [0.15, 0.2) is 0 Å². The van der Waals surface area contributed by atoms with Crippen LogP contribution in [0.25, 0.3) is 11.5 Å². The zero-order chi connectivity index (χ0) is 23.4. The summed E-state index contributed by atoms with van der Waals surface area (Å²) in [5.74, 6) is 0.282. The van der Waals surface area contributed by atoms with Gasteiger partial charge in [-0.15, -0.1) is 10.2 Å². The summed E-state index contributed by atoms with van der Waals surface area (Å²) in [5, 5.41) is 13.4. The van der Waals surface area contributed by atoms with Crippen LogP contribution in [-0.2, 0) is 6.18 Å². The van der Waals surface area contributed by atoms with Gasteiger partial charge in [0.2, 0.25) is 11.8 Å². The number of alkyl halides is 3. The first-order valence-corrected chi connectivity index (χ1v) is 10.1. The summed E-state index contributed by atoms with van der Waals surface area (Å²) in [4.78, 5) is 12.7. The highest BCUT2D eigenvalue weighted by Gasteiger charge is 2.34. The van der Waals surface area contributed by atoms with Crippen LogP contribution in [0.1, 0.15) is 23.1 Å². The first kappa shape index (κ1) is 22.3. The van der Waals surface area contributed by atoms with Crippen LogP contribution in [0, 0.1) is 0 Å². The fraction of sp³-hybridized carbons (Fsp3) is 0.0870. The Balaban J connectivity index is 1.62. The van der Waals surface area contributed by atoms with E-state index in [0.717, 1.165) is 6.07 Å². The van der Waals surface area contributed by atoms with Gasteiger partial charge < -0.3 is 15.1 Å². The first-order valence-electron chi connectivity index (χ1n) is 9.69. The summed E-state index contributed by atoms with van der Waals surface area (Å²) in [6.45, 7) is 0. The summed E-state index contributed by atoms with van der Waals surface area (Å²) in [6.07, 6.45) is -4.63. The standard InChI is InChI=1S/C23H16ClF3N4O2/c24-16-12-10-14(11-13-16)19(21-31-30-20(33-21)15-6-2-1-3-7-15)29-22(32)28-18-9-5-4-8-17(18)23(25,26)27/h1-13,19H,(H2,28,29,32)/t19-/m0/s1. The molecule has 1 atom stereocenters. The average molecular weight is 473 g/mol. The number of amides is 2. The van der Waals surface area contributed by atoms with E-state index in [-0.39, 0.29) is 17.5 Å². The molecular formula is C23H16ClF3N4O2. The maximum atomic E-state index is 13.3. The van der Waals surface area contributed by atoms with Gasteiger partial charge in [-0.1, -0.05) is 54.1 Å². The normalized spacial score (nSPS) is 12.2. The van der Waals surface area contributed by atoms with E-state index in [2.05, 4.69) is 20.8 Å². The van der Waals surface area contributed by atoms with Crippen molar-refractivity contribution in [1.29, 1.82) is 0 Å². The van der Waals surface area contributed by atoms with Gasteiger partial charge in [-0.2, -0.15) is 13.2 Å². The third kappa shape index (κ3) is 5.32. The number of rotatable bonds is 5. The topological polar surface area (TPSA) is 80.0 Å². The molecule has 0 aliphatic rings. The molecule has 10 heteroatoms. The molecular weight excluding hydrogens is 457 g/mol. The smallest absolute Gasteiger partial charge is 0.418 e. The fourth-order valence-corrected chi connectivity index (χ4v) is 3.25. The lowest BCUT2D eigenvalue weighted by molar-refractivity contribution is -0.136. The number of nitrogens with one attached hydrogen (secondary N) is 2. The van der Waals surface area contributed by atoms with Gasteiger partial charge in [0.25, 0.3) is 0 Å². The van der Waals surface area contributed by atoms with Crippen molar-refractivity contribution in [1.82, 2.24) is 15.5 Å². The fourth-order valence-electron chi connectivity index (χ4n) is 3.12. The second-order valence-electron chi connectivity index (χ2n) is 6.94. The van der Waals surface area contributed by atoms with Crippen molar-refractivity contribution in [2.45, 2.75) is 12.2 Å². The third-order valence-corrected chi connectivity index (χ3v) is 4.92. The highest BCUT2D eigenvalue weighted by Crippen LogP contribution is 2.34. The van der Waals surface area contributed by atoms with Crippen LogP contribution in [0.5, 0.6) is 0 Å². The molecule has 0 spiro atoms. The van der Waals surface area contributed by atoms with Crippen LogP contribution in [0.4, 0.5) is 23.7 Å². The van der Waals surface area contributed by atoms with E-state index in [9.17, 15) is 18.0 Å². The molecule has 0 unspecified atom stereocenters. The highest BCUT2D eigenvalue weighted by molar-refractivity contribution is 6.30. The van der Waals surface area contributed by atoms with E-state index < -0.39 is 23.8 Å². The molecule has 4 aromatic rings. The summed E-state index contributed by atoms with van der Waals surface area (Å²) >= 11 is 5.96. The quantitative estimate of drug-likeness (QED) is 0.356. The van der Waals surface area contributed by atoms with Crippen LogP contribution < -0.4 is 10.6 Å². The first-order chi connectivity index (χ1) is 15.8. The molecule has 4 rings (SSSR count). The number of carbonyl (C=O) groups is 1. The number of benzene rings is 3. The minimum absolute atomic E-state index is 0.0513. The summed E-state index contributed by atoms with van der Waals surface area (Å²) in [5.41, 5.74) is -0.128.